The molecule has 1 aromatic heterocycles. The summed E-state index contributed by atoms with van der Waals surface area (Å²) in [7, 11) is 0. The molecule has 2 heterocycles. The summed E-state index contributed by atoms with van der Waals surface area (Å²) >= 11 is 0. The molecule has 0 unspecified atom stereocenters. The Labute approximate surface area is 238 Å². The minimum atomic E-state index is -1.82. The Balaban J connectivity index is 1.51. The molecular formula is C29H30F4N4O5. The molecule has 0 aliphatic carbocycles. The van der Waals surface area contributed by atoms with Gasteiger partial charge in [0.25, 0.3) is 5.91 Å². The van der Waals surface area contributed by atoms with Crippen molar-refractivity contribution in [2.75, 3.05) is 13.2 Å². The molecule has 1 fully saturated rings. The maximum Gasteiger partial charge on any atom is 0.268 e. The molecule has 13 heteroatoms. The fourth-order valence-electron chi connectivity index (χ4n) is 4.75. The van der Waals surface area contributed by atoms with Crippen molar-refractivity contribution < 1.29 is 41.5 Å². The first-order valence-corrected chi connectivity index (χ1v) is 13.4. The second-order valence-electron chi connectivity index (χ2n) is 10.6. The molecule has 4 rings (SSSR count). The standard InChI is InChI=1S/C29H30F4N4O5/c1-14(2)9-21(37-29(41)22-10-15-5-3-4-6-19(15)35-22)28(40)36-20(11-16-7-8-34-27(16)39)23(38)13-42-26-24(32)17(30)12-18(31)25(26)33/h3-6,10,12,14,16,20-21,35H,7-9,11,13H2,1-2H3,(H,34,39)(H,36,40)(H,37,41)/t16-,20-,21-/m0/s1. The lowest BCUT2D eigenvalue weighted by molar-refractivity contribution is -0.131. The highest BCUT2D eigenvalue weighted by molar-refractivity contribution is 6.01. The van der Waals surface area contributed by atoms with Gasteiger partial charge in [0, 0.05) is 29.4 Å². The summed E-state index contributed by atoms with van der Waals surface area (Å²) < 4.78 is 60.1. The van der Waals surface area contributed by atoms with E-state index in [-0.39, 0.29) is 36.4 Å². The number of amides is 3. The van der Waals surface area contributed by atoms with Crippen LogP contribution < -0.4 is 20.7 Å². The maximum atomic E-state index is 14.1. The van der Waals surface area contributed by atoms with Crippen LogP contribution in [0.2, 0.25) is 0 Å². The van der Waals surface area contributed by atoms with Gasteiger partial charge in [-0.05, 0) is 37.3 Å². The lowest BCUT2D eigenvalue weighted by atomic mass is 9.95. The number of nitrogens with one attached hydrogen (secondary N) is 4. The summed E-state index contributed by atoms with van der Waals surface area (Å²) in [5.74, 6) is -11.8. The molecule has 0 radical (unpaired) electrons. The highest BCUT2D eigenvalue weighted by Gasteiger charge is 2.34. The van der Waals surface area contributed by atoms with Crippen LogP contribution >= 0.6 is 0 Å². The number of aromatic nitrogens is 1. The number of ketones is 1. The monoisotopic (exact) mass is 590 g/mol. The van der Waals surface area contributed by atoms with E-state index in [0.717, 1.165) is 10.9 Å². The van der Waals surface area contributed by atoms with Crippen LogP contribution in [0.3, 0.4) is 0 Å². The normalized spacial score (nSPS) is 16.3. The van der Waals surface area contributed by atoms with Crippen molar-refractivity contribution >= 4 is 34.4 Å². The number of benzene rings is 2. The summed E-state index contributed by atoms with van der Waals surface area (Å²) in [5.41, 5.74) is 0.937. The largest absolute Gasteiger partial charge is 0.479 e. The zero-order valence-corrected chi connectivity index (χ0v) is 22.9. The van der Waals surface area contributed by atoms with Gasteiger partial charge in [0.05, 0.1) is 6.04 Å². The van der Waals surface area contributed by atoms with Crippen molar-refractivity contribution in [3.8, 4) is 5.75 Å². The Bertz CT molecular complexity index is 1450. The first-order chi connectivity index (χ1) is 19.9. The number of Topliss-reactive ketones (excluding diaryl/α,β-unsaturated/α-hetero) is 1. The number of carbonyl (C=O) groups excluding carboxylic acids is 4. The van der Waals surface area contributed by atoms with Crippen LogP contribution in [0, 0.1) is 35.1 Å². The first-order valence-electron chi connectivity index (χ1n) is 13.4. The van der Waals surface area contributed by atoms with Crippen molar-refractivity contribution in [3.05, 3.63) is 65.4 Å². The highest BCUT2D eigenvalue weighted by atomic mass is 19.2. The lowest BCUT2D eigenvalue weighted by Crippen LogP contribution is -2.53. The van der Waals surface area contributed by atoms with Gasteiger partial charge in [-0.25, -0.2) is 8.78 Å². The van der Waals surface area contributed by atoms with E-state index >= 15 is 0 Å². The summed E-state index contributed by atoms with van der Waals surface area (Å²) in [6, 6.07) is 6.37. The number of hydrogen-bond donors (Lipinski definition) is 4. The van der Waals surface area contributed by atoms with Crippen molar-refractivity contribution in [1.29, 1.82) is 0 Å². The molecule has 0 bridgehead atoms. The highest BCUT2D eigenvalue weighted by Crippen LogP contribution is 2.27. The van der Waals surface area contributed by atoms with Crippen LogP contribution in [-0.4, -0.2) is 53.7 Å². The Morgan fingerprint density at radius 1 is 1.00 bits per heavy atom. The quantitative estimate of drug-likeness (QED) is 0.190. The molecule has 1 aliphatic rings. The zero-order chi connectivity index (χ0) is 30.6. The summed E-state index contributed by atoms with van der Waals surface area (Å²) in [6.07, 6.45) is 0.384. The molecule has 42 heavy (non-hydrogen) atoms. The number of carbonyl (C=O) groups is 4. The second kappa shape index (κ2) is 13.0. The molecule has 0 spiro atoms. The van der Waals surface area contributed by atoms with E-state index in [4.69, 9.17) is 4.74 Å². The molecule has 3 amide bonds. The Kier molecular flexibility index (Phi) is 9.48. The first kappa shape index (κ1) is 30.5. The third-order valence-electron chi connectivity index (χ3n) is 6.92. The van der Waals surface area contributed by atoms with Crippen LogP contribution in [0.4, 0.5) is 17.6 Å². The van der Waals surface area contributed by atoms with Crippen LogP contribution in [0.1, 0.15) is 43.6 Å². The molecule has 1 saturated heterocycles. The zero-order valence-electron chi connectivity index (χ0n) is 22.9. The Morgan fingerprint density at radius 3 is 2.31 bits per heavy atom. The predicted molar refractivity (Wildman–Crippen MR) is 143 cm³/mol. The number of para-hydroxylation sites is 1. The smallest absolute Gasteiger partial charge is 0.268 e. The molecule has 4 N–H and O–H groups in total. The number of halogens is 4. The van der Waals surface area contributed by atoms with E-state index in [0.29, 0.717) is 13.0 Å². The predicted octanol–water partition coefficient (Wildman–Crippen LogP) is 3.53. The van der Waals surface area contributed by atoms with Crippen LogP contribution in [-0.2, 0) is 14.4 Å². The average Bonchev–Trinajstić information content (AvgIpc) is 3.56. The topological polar surface area (TPSA) is 129 Å². The summed E-state index contributed by atoms with van der Waals surface area (Å²) in [6.45, 7) is 2.95. The van der Waals surface area contributed by atoms with Crippen LogP contribution in [0.15, 0.2) is 36.4 Å². The molecule has 3 aromatic rings. The second-order valence-corrected chi connectivity index (χ2v) is 10.6. The van der Waals surface area contributed by atoms with Crippen molar-refractivity contribution in [3.63, 3.8) is 0 Å². The number of hydrogen-bond acceptors (Lipinski definition) is 5. The van der Waals surface area contributed by atoms with Gasteiger partial charge in [0.2, 0.25) is 23.4 Å². The molecule has 1 aliphatic heterocycles. The minimum absolute atomic E-state index is 0.0000658. The van der Waals surface area contributed by atoms with Crippen molar-refractivity contribution in [2.45, 2.75) is 45.2 Å². The van der Waals surface area contributed by atoms with Gasteiger partial charge in [-0.2, -0.15) is 8.78 Å². The molecule has 9 nitrogen and oxygen atoms in total. The fourth-order valence-corrected chi connectivity index (χ4v) is 4.75. The fraction of sp³-hybridized carbons (Fsp3) is 0.379. The van der Waals surface area contributed by atoms with Gasteiger partial charge in [-0.1, -0.05) is 32.0 Å². The van der Waals surface area contributed by atoms with E-state index in [1.807, 2.05) is 26.0 Å². The number of fused-ring (bicyclic) bond motifs is 1. The molecule has 0 saturated carbocycles. The van der Waals surface area contributed by atoms with Gasteiger partial charge < -0.3 is 25.7 Å². The van der Waals surface area contributed by atoms with Crippen molar-refractivity contribution in [2.24, 2.45) is 11.8 Å². The van der Waals surface area contributed by atoms with Gasteiger partial charge >= 0.3 is 0 Å². The summed E-state index contributed by atoms with van der Waals surface area (Å²) in [5, 5.41) is 8.61. The van der Waals surface area contributed by atoms with E-state index in [1.165, 1.54) is 0 Å². The SMILES string of the molecule is CC(C)C[C@H](NC(=O)c1cc2ccccc2[nH]1)C(=O)N[C@@H](C[C@@H]1CCNC1=O)C(=O)COc1c(F)c(F)cc(F)c1F. The van der Waals surface area contributed by atoms with E-state index < -0.39 is 71.2 Å². The van der Waals surface area contributed by atoms with Crippen LogP contribution in [0.25, 0.3) is 10.9 Å². The number of ether oxygens (including phenoxy) is 1. The molecule has 3 atom stereocenters. The number of H-pyrrole nitrogens is 1. The lowest BCUT2D eigenvalue weighted by Gasteiger charge is -2.25. The number of rotatable bonds is 12. The third kappa shape index (κ3) is 7.07. The number of aromatic amines is 1. The van der Waals surface area contributed by atoms with Gasteiger partial charge in [0.15, 0.2) is 23.2 Å². The minimum Gasteiger partial charge on any atom is -0.479 e. The molecule has 224 valence electrons. The molecule has 2 aromatic carbocycles. The average molecular weight is 591 g/mol. The maximum absolute atomic E-state index is 14.1. The van der Waals surface area contributed by atoms with E-state index in [2.05, 4.69) is 20.9 Å². The molecular weight excluding hydrogens is 560 g/mol. The van der Waals surface area contributed by atoms with E-state index in [9.17, 15) is 36.7 Å². The van der Waals surface area contributed by atoms with Crippen LogP contribution in [0.5, 0.6) is 5.75 Å². The van der Waals surface area contributed by atoms with E-state index in [1.54, 1.807) is 18.2 Å². The van der Waals surface area contributed by atoms with Gasteiger partial charge in [0.1, 0.15) is 18.3 Å². The van der Waals surface area contributed by atoms with Gasteiger partial charge in [-0.15, -0.1) is 0 Å². The Morgan fingerprint density at radius 2 is 1.69 bits per heavy atom. The summed E-state index contributed by atoms with van der Waals surface area (Å²) in [4.78, 5) is 54.8. The third-order valence-corrected chi connectivity index (χ3v) is 6.92. The van der Waals surface area contributed by atoms with Crippen molar-refractivity contribution in [1.82, 2.24) is 20.9 Å². The van der Waals surface area contributed by atoms with Gasteiger partial charge in [-0.3, -0.25) is 19.2 Å². The Hall–Kier alpha value is -4.42.